The van der Waals surface area contributed by atoms with Gasteiger partial charge < -0.3 is 15.2 Å². The second-order valence-electron chi connectivity index (χ2n) is 5.64. The van der Waals surface area contributed by atoms with E-state index in [2.05, 4.69) is 24.4 Å². The topological polar surface area (TPSA) is 41.5 Å². The molecule has 0 amide bonds. The van der Waals surface area contributed by atoms with Gasteiger partial charge in [-0.15, -0.1) is 0 Å². The van der Waals surface area contributed by atoms with Gasteiger partial charge in [-0.05, 0) is 24.1 Å². The number of fused-ring (bicyclic) bond motifs is 1. The van der Waals surface area contributed by atoms with Crippen LogP contribution in [0, 0.1) is 0 Å². The van der Waals surface area contributed by atoms with Gasteiger partial charge >= 0.3 is 0 Å². The van der Waals surface area contributed by atoms with Gasteiger partial charge in [0.15, 0.2) is 0 Å². The molecule has 2 aromatic carbocycles. The lowest BCUT2D eigenvalue weighted by molar-refractivity contribution is 0.246. The monoisotopic (exact) mass is 317 g/mol. The van der Waals surface area contributed by atoms with Gasteiger partial charge in [0.25, 0.3) is 0 Å². The SMILES string of the molecule is CC(NC1CCOc2c(Cl)cccc21)c1cccc(CO)c1. The summed E-state index contributed by atoms with van der Waals surface area (Å²) in [6.07, 6.45) is 0.914. The lowest BCUT2D eigenvalue weighted by atomic mass is 9.98. The second-order valence-corrected chi connectivity index (χ2v) is 6.05. The molecule has 0 fully saturated rings. The maximum Gasteiger partial charge on any atom is 0.142 e. The van der Waals surface area contributed by atoms with Crippen LogP contribution in [0.15, 0.2) is 42.5 Å². The molecule has 2 N–H and O–H groups in total. The first-order chi connectivity index (χ1) is 10.7. The zero-order valence-corrected chi connectivity index (χ0v) is 13.3. The van der Waals surface area contributed by atoms with E-state index in [0.29, 0.717) is 11.6 Å². The molecule has 1 aliphatic heterocycles. The fourth-order valence-electron chi connectivity index (χ4n) is 2.92. The van der Waals surface area contributed by atoms with E-state index in [1.165, 1.54) is 5.56 Å². The Kier molecular flexibility index (Phi) is 4.67. The molecule has 0 aromatic heterocycles. The van der Waals surface area contributed by atoms with E-state index in [1.807, 2.05) is 30.3 Å². The third-order valence-corrected chi connectivity index (χ3v) is 4.41. The largest absolute Gasteiger partial charge is 0.492 e. The van der Waals surface area contributed by atoms with Crippen LogP contribution in [-0.4, -0.2) is 11.7 Å². The summed E-state index contributed by atoms with van der Waals surface area (Å²) in [7, 11) is 0. The first-order valence-corrected chi connectivity index (χ1v) is 7.94. The molecule has 0 radical (unpaired) electrons. The number of para-hydroxylation sites is 1. The summed E-state index contributed by atoms with van der Waals surface area (Å²) in [6, 6.07) is 14.3. The van der Waals surface area contributed by atoms with Gasteiger partial charge in [0.1, 0.15) is 5.75 Å². The van der Waals surface area contributed by atoms with Crippen molar-refractivity contribution >= 4 is 11.6 Å². The molecule has 0 bridgehead atoms. The molecule has 2 aromatic rings. The predicted octanol–water partition coefficient (Wildman–Crippen LogP) is 4.01. The number of rotatable bonds is 4. The molecule has 1 aliphatic rings. The summed E-state index contributed by atoms with van der Waals surface area (Å²) in [4.78, 5) is 0. The number of nitrogens with one attached hydrogen (secondary N) is 1. The Labute approximate surface area is 135 Å². The van der Waals surface area contributed by atoms with E-state index in [-0.39, 0.29) is 18.7 Å². The Morgan fingerprint density at radius 3 is 2.95 bits per heavy atom. The Balaban J connectivity index is 1.80. The molecule has 0 aliphatic carbocycles. The Morgan fingerprint density at radius 2 is 2.14 bits per heavy atom. The lowest BCUT2D eigenvalue weighted by Crippen LogP contribution is -2.29. The fraction of sp³-hybridized carbons (Fsp3) is 0.333. The standard InChI is InChI=1S/C18H20ClNO2/c1-12(14-5-2-4-13(10-14)11-21)20-17-8-9-22-18-15(17)6-3-7-16(18)19/h2-7,10,12,17,20-21H,8-9,11H2,1H3. The third-order valence-electron chi connectivity index (χ3n) is 4.11. The van der Waals surface area contributed by atoms with Gasteiger partial charge in [-0.25, -0.2) is 0 Å². The highest BCUT2D eigenvalue weighted by molar-refractivity contribution is 6.32. The molecule has 3 nitrogen and oxygen atoms in total. The lowest BCUT2D eigenvalue weighted by Gasteiger charge is -2.30. The van der Waals surface area contributed by atoms with Crippen molar-refractivity contribution < 1.29 is 9.84 Å². The molecule has 116 valence electrons. The minimum atomic E-state index is 0.0657. The maximum absolute atomic E-state index is 9.27. The van der Waals surface area contributed by atoms with Gasteiger partial charge in [0.2, 0.25) is 0 Å². The summed E-state index contributed by atoms with van der Waals surface area (Å²) < 4.78 is 5.70. The van der Waals surface area contributed by atoms with E-state index in [9.17, 15) is 5.11 Å². The highest BCUT2D eigenvalue weighted by Crippen LogP contribution is 2.38. The van der Waals surface area contributed by atoms with Crippen LogP contribution in [0.2, 0.25) is 5.02 Å². The number of aliphatic hydroxyl groups is 1. The minimum Gasteiger partial charge on any atom is -0.492 e. The summed E-state index contributed by atoms with van der Waals surface area (Å²) in [5, 5.41) is 13.6. The van der Waals surface area contributed by atoms with Crippen LogP contribution in [0.3, 0.4) is 0 Å². The van der Waals surface area contributed by atoms with Gasteiger partial charge in [0, 0.05) is 24.1 Å². The highest BCUT2D eigenvalue weighted by atomic mass is 35.5. The molecular formula is C18H20ClNO2. The van der Waals surface area contributed by atoms with E-state index < -0.39 is 0 Å². The van der Waals surface area contributed by atoms with Crippen LogP contribution in [0.5, 0.6) is 5.75 Å². The average molecular weight is 318 g/mol. The van der Waals surface area contributed by atoms with Crippen molar-refractivity contribution in [2.45, 2.75) is 32.0 Å². The second kappa shape index (κ2) is 6.69. The molecule has 0 saturated heterocycles. The number of benzene rings is 2. The Bertz CT molecular complexity index is 659. The molecule has 0 spiro atoms. The molecule has 3 rings (SSSR count). The number of halogens is 1. The molecule has 1 heterocycles. The van der Waals surface area contributed by atoms with Crippen LogP contribution in [-0.2, 0) is 6.61 Å². The minimum absolute atomic E-state index is 0.0657. The number of ether oxygens (including phenoxy) is 1. The zero-order chi connectivity index (χ0) is 15.5. The maximum atomic E-state index is 9.27. The normalized spacial score (nSPS) is 18.4. The molecule has 2 unspecified atom stereocenters. The predicted molar refractivity (Wildman–Crippen MR) is 88.2 cm³/mol. The quantitative estimate of drug-likeness (QED) is 0.895. The first kappa shape index (κ1) is 15.3. The van der Waals surface area contributed by atoms with Crippen LogP contribution in [0.25, 0.3) is 0 Å². The highest BCUT2D eigenvalue weighted by Gasteiger charge is 2.24. The van der Waals surface area contributed by atoms with Crippen LogP contribution in [0.1, 0.15) is 42.1 Å². The smallest absolute Gasteiger partial charge is 0.142 e. The fourth-order valence-corrected chi connectivity index (χ4v) is 3.15. The molecule has 2 atom stereocenters. The van der Waals surface area contributed by atoms with Crippen LogP contribution in [0.4, 0.5) is 0 Å². The van der Waals surface area contributed by atoms with Gasteiger partial charge in [-0.1, -0.05) is 48.0 Å². The van der Waals surface area contributed by atoms with Crippen molar-refractivity contribution in [1.82, 2.24) is 5.32 Å². The van der Waals surface area contributed by atoms with Crippen LogP contribution < -0.4 is 10.1 Å². The van der Waals surface area contributed by atoms with Crippen molar-refractivity contribution in [1.29, 1.82) is 0 Å². The Morgan fingerprint density at radius 1 is 1.32 bits per heavy atom. The Hall–Kier alpha value is -1.55. The first-order valence-electron chi connectivity index (χ1n) is 7.56. The molecular weight excluding hydrogens is 298 g/mol. The van der Waals surface area contributed by atoms with Crippen molar-refractivity contribution in [3.63, 3.8) is 0 Å². The van der Waals surface area contributed by atoms with E-state index in [1.54, 1.807) is 0 Å². The van der Waals surface area contributed by atoms with Gasteiger partial charge in [0.05, 0.1) is 18.2 Å². The zero-order valence-electron chi connectivity index (χ0n) is 12.6. The van der Waals surface area contributed by atoms with Crippen LogP contribution >= 0.6 is 11.6 Å². The van der Waals surface area contributed by atoms with Gasteiger partial charge in [-0.3, -0.25) is 0 Å². The summed E-state index contributed by atoms with van der Waals surface area (Å²) >= 11 is 6.22. The van der Waals surface area contributed by atoms with Gasteiger partial charge in [-0.2, -0.15) is 0 Å². The van der Waals surface area contributed by atoms with Crippen molar-refractivity contribution in [2.24, 2.45) is 0 Å². The summed E-state index contributed by atoms with van der Waals surface area (Å²) in [5.74, 6) is 0.796. The van der Waals surface area contributed by atoms with E-state index in [4.69, 9.17) is 16.3 Å². The molecule has 4 heteroatoms. The molecule has 22 heavy (non-hydrogen) atoms. The number of hydrogen-bond donors (Lipinski definition) is 2. The molecule has 0 saturated carbocycles. The third kappa shape index (κ3) is 3.12. The number of hydrogen-bond acceptors (Lipinski definition) is 3. The summed E-state index contributed by atoms with van der Waals surface area (Å²) in [5.41, 5.74) is 3.21. The average Bonchev–Trinajstić information content (AvgIpc) is 2.56. The van der Waals surface area contributed by atoms with E-state index in [0.717, 1.165) is 23.3 Å². The van der Waals surface area contributed by atoms with Crippen molar-refractivity contribution in [3.05, 3.63) is 64.2 Å². The van der Waals surface area contributed by atoms with E-state index >= 15 is 0 Å². The van der Waals surface area contributed by atoms with Crippen molar-refractivity contribution in [3.8, 4) is 5.75 Å². The van der Waals surface area contributed by atoms with Crippen molar-refractivity contribution in [2.75, 3.05) is 6.61 Å². The summed E-state index contributed by atoms with van der Waals surface area (Å²) in [6.45, 7) is 2.87. The number of aliphatic hydroxyl groups excluding tert-OH is 1.